The van der Waals surface area contributed by atoms with Gasteiger partial charge in [0, 0.05) is 14.5 Å². The Balaban J connectivity index is 2.42. The summed E-state index contributed by atoms with van der Waals surface area (Å²) in [4.78, 5) is 13.0. The highest BCUT2D eigenvalue weighted by Crippen LogP contribution is 2.29. The molecule has 2 aromatic rings. The molecule has 1 aromatic carbocycles. The second-order valence-electron chi connectivity index (χ2n) is 3.35. The zero-order chi connectivity index (χ0) is 13.1. The summed E-state index contributed by atoms with van der Waals surface area (Å²) in [6.45, 7) is 0.395. The third-order valence-corrected chi connectivity index (χ3v) is 3.93. The van der Waals surface area contributed by atoms with Gasteiger partial charge in [0.05, 0.1) is 19.2 Å². The number of carbonyl (C=O) groups is 1. The lowest BCUT2D eigenvalue weighted by Crippen LogP contribution is -2.09. The van der Waals surface area contributed by atoms with Gasteiger partial charge in [0.15, 0.2) is 6.33 Å². The molecule has 0 saturated heterocycles. The van der Waals surface area contributed by atoms with E-state index in [-0.39, 0.29) is 0 Å². The van der Waals surface area contributed by atoms with Crippen molar-refractivity contribution in [3.63, 3.8) is 0 Å². The van der Waals surface area contributed by atoms with Crippen LogP contribution in [0.15, 0.2) is 27.4 Å². The Morgan fingerprint density at radius 2 is 2.22 bits per heavy atom. The van der Waals surface area contributed by atoms with Gasteiger partial charge in [0.25, 0.3) is 0 Å². The molecule has 1 aromatic heterocycles. The standard InChI is InChI=1S/C10H8Br2N4O2/c1-18-10(17)6-2-3-8(11)7(9(6)12)4-16-14-5-13-15-16/h2-3,5H,4H2,1H3. The van der Waals surface area contributed by atoms with Crippen LogP contribution < -0.4 is 0 Å². The van der Waals surface area contributed by atoms with Gasteiger partial charge in [0.2, 0.25) is 0 Å². The fourth-order valence-electron chi connectivity index (χ4n) is 1.41. The Hall–Kier alpha value is -1.28. The van der Waals surface area contributed by atoms with E-state index in [2.05, 4.69) is 47.3 Å². The second kappa shape index (κ2) is 5.57. The van der Waals surface area contributed by atoms with Crippen LogP contribution in [0.25, 0.3) is 0 Å². The van der Waals surface area contributed by atoms with E-state index in [9.17, 15) is 4.79 Å². The molecule has 0 N–H and O–H groups in total. The maximum atomic E-state index is 11.6. The van der Waals surface area contributed by atoms with E-state index in [0.717, 1.165) is 10.0 Å². The molecule has 8 heteroatoms. The van der Waals surface area contributed by atoms with E-state index in [1.165, 1.54) is 18.2 Å². The fourth-order valence-corrected chi connectivity index (χ4v) is 2.77. The van der Waals surface area contributed by atoms with E-state index < -0.39 is 5.97 Å². The number of methoxy groups -OCH3 is 1. The summed E-state index contributed by atoms with van der Waals surface area (Å²) in [5, 5.41) is 11.3. The first-order chi connectivity index (χ1) is 8.63. The number of hydrogen-bond acceptors (Lipinski definition) is 5. The number of hydrogen-bond donors (Lipinski definition) is 0. The molecule has 0 unspecified atom stereocenters. The summed E-state index contributed by atoms with van der Waals surface area (Å²) >= 11 is 6.83. The molecule has 0 aliphatic carbocycles. The lowest BCUT2D eigenvalue weighted by atomic mass is 10.1. The molecule has 1 heterocycles. The van der Waals surface area contributed by atoms with Crippen molar-refractivity contribution in [1.82, 2.24) is 20.2 Å². The molecule has 94 valence electrons. The Morgan fingerprint density at radius 1 is 1.44 bits per heavy atom. The topological polar surface area (TPSA) is 69.9 Å². The van der Waals surface area contributed by atoms with Crippen LogP contribution in [0, 0.1) is 0 Å². The number of aromatic nitrogens is 4. The molecule has 0 aliphatic heterocycles. The first-order valence-electron chi connectivity index (χ1n) is 4.89. The molecule has 0 amide bonds. The van der Waals surface area contributed by atoms with Crippen molar-refractivity contribution in [2.45, 2.75) is 6.54 Å². The zero-order valence-electron chi connectivity index (χ0n) is 9.30. The van der Waals surface area contributed by atoms with E-state index in [0.29, 0.717) is 16.6 Å². The summed E-state index contributed by atoms with van der Waals surface area (Å²) in [6.07, 6.45) is 1.35. The van der Waals surface area contributed by atoms with E-state index in [4.69, 9.17) is 4.74 Å². The average molecular weight is 376 g/mol. The van der Waals surface area contributed by atoms with Crippen LogP contribution in [-0.2, 0) is 11.3 Å². The van der Waals surface area contributed by atoms with Gasteiger partial charge >= 0.3 is 5.97 Å². The molecule has 0 bridgehead atoms. The number of carbonyl (C=O) groups excluding carboxylic acids is 1. The molecule has 6 nitrogen and oxygen atoms in total. The Kier molecular flexibility index (Phi) is 4.07. The highest BCUT2D eigenvalue weighted by atomic mass is 79.9. The number of tetrazole rings is 1. The summed E-state index contributed by atoms with van der Waals surface area (Å²) < 4.78 is 6.21. The number of nitrogens with zero attached hydrogens (tertiary/aromatic N) is 4. The predicted molar refractivity (Wildman–Crippen MR) is 70.1 cm³/mol. The van der Waals surface area contributed by atoms with Crippen LogP contribution in [-0.4, -0.2) is 33.3 Å². The quantitative estimate of drug-likeness (QED) is 0.767. The van der Waals surface area contributed by atoms with Crippen LogP contribution in [0.2, 0.25) is 0 Å². The van der Waals surface area contributed by atoms with E-state index in [1.807, 2.05) is 0 Å². The predicted octanol–water partition coefficient (Wildman–Crippen LogP) is 2.03. The SMILES string of the molecule is COC(=O)c1ccc(Br)c(Cn2ncnn2)c1Br. The molecule has 0 fully saturated rings. The van der Waals surface area contributed by atoms with Crippen LogP contribution in [0.3, 0.4) is 0 Å². The van der Waals surface area contributed by atoms with Crippen molar-refractivity contribution in [1.29, 1.82) is 0 Å². The molecule has 0 spiro atoms. The van der Waals surface area contributed by atoms with Crippen molar-refractivity contribution < 1.29 is 9.53 Å². The molecule has 18 heavy (non-hydrogen) atoms. The Labute approximate surface area is 120 Å². The largest absolute Gasteiger partial charge is 0.465 e. The van der Waals surface area contributed by atoms with Gasteiger partial charge < -0.3 is 4.74 Å². The molecular formula is C10H8Br2N4O2. The third kappa shape index (κ3) is 2.59. The molecule has 0 atom stereocenters. The third-order valence-electron chi connectivity index (χ3n) is 2.28. The van der Waals surface area contributed by atoms with Crippen molar-refractivity contribution in [2.24, 2.45) is 0 Å². The van der Waals surface area contributed by atoms with Gasteiger partial charge in [-0.05, 0) is 33.3 Å². The minimum Gasteiger partial charge on any atom is -0.465 e. The van der Waals surface area contributed by atoms with Crippen LogP contribution in [0.1, 0.15) is 15.9 Å². The smallest absolute Gasteiger partial charge is 0.339 e. The number of benzene rings is 1. The zero-order valence-corrected chi connectivity index (χ0v) is 12.5. The van der Waals surface area contributed by atoms with Gasteiger partial charge in [-0.15, -0.1) is 10.2 Å². The van der Waals surface area contributed by atoms with Gasteiger partial charge in [-0.3, -0.25) is 0 Å². The first kappa shape index (κ1) is 13.2. The molecule has 0 saturated carbocycles. The fraction of sp³-hybridized carbons (Fsp3) is 0.200. The van der Waals surface area contributed by atoms with Gasteiger partial charge in [-0.25, -0.2) is 4.79 Å². The highest BCUT2D eigenvalue weighted by molar-refractivity contribution is 9.11. The normalized spacial score (nSPS) is 10.4. The monoisotopic (exact) mass is 374 g/mol. The van der Waals surface area contributed by atoms with Crippen LogP contribution in [0.5, 0.6) is 0 Å². The second-order valence-corrected chi connectivity index (χ2v) is 4.99. The van der Waals surface area contributed by atoms with Crippen LogP contribution >= 0.6 is 31.9 Å². The van der Waals surface area contributed by atoms with Gasteiger partial charge in [0.1, 0.15) is 0 Å². The minimum atomic E-state index is -0.401. The highest BCUT2D eigenvalue weighted by Gasteiger charge is 2.16. The van der Waals surface area contributed by atoms with Crippen molar-refractivity contribution >= 4 is 37.8 Å². The number of esters is 1. The lowest BCUT2D eigenvalue weighted by molar-refractivity contribution is 0.0599. The first-order valence-corrected chi connectivity index (χ1v) is 6.48. The molecule has 0 radical (unpaired) electrons. The van der Waals surface area contributed by atoms with Crippen LogP contribution in [0.4, 0.5) is 0 Å². The average Bonchev–Trinajstić information content (AvgIpc) is 2.86. The van der Waals surface area contributed by atoms with E-state index >= 15 is 0 Å². The summed E-state index contributed by atoms with van der Waals surface area (Å²) in [7, 11) is 1.34. The Morgan fingerprint density at radius 3 is 2.83 bits per heavy atom. The lowest BCUT2D eigenvalue weighted by Gasteiger charge is -2.10. The summed E-state index contributed by atoms with van der Waals surface area (Å²) in [6, 6.07) is 3.46. The maximum Gasteiger partial charge on any atom is 0.339 e. The number of ether oxygens (including phenoxy) is 1. The van der Waals surface area contributed by atoms with E-state index in [1.54, 1.807) is 12.1 Å². The molecular weight excluding hydrogens is 368 g/mol. The maximum absolute atomic E-state index is 11.6. The van der Waals surface area contributed by atoms with Gasteiger partial charge in [-0.2, -0.15) is 4.80 Å². The van der Waals surface area contributed by atoms with Crippen molar-refractivity contribution in [2.75, 3.05) is 7.11 Å². The minimum absolute atomic E-state index is 0.395. The number of rotatable bonds is 3. The van der Waals surface area contributed by atoms with Gasteiger partial charge in [-0.1, -0.05) is 15.9 Å². The van der Waals surface area contributed by atoms with Crippen molar-refractivity contribution in [3.05, 3.63) is 38.5 Å². The molecule has 2 rings (SSSR count). The number of halogens is 2. The summed E-state index contributed by atoms with van der Waals surface area (Å²) in [5.74, 6) is -0.401. The summed E-state index contributed by atoms with van der Waals surface area (Å²) in [5.41, 5.74) is 1.30. The van der Waals surface area contributed by atoms with Crippen molar-refractivity contribution in [3.8, 4) is 0 Å². The Bertz CT molecular complexity index is 572. The molecule has 0 aliphatic rings.